The van der Waals surface area contributed by atoms with Gasteiger partial charge in [0.15, 0.2) is 0 Å². The summed E-state index contributed by atoms with van der Waals surface area (Å²) in [6.07, 6.45) is 5.84. The Kier molecular flexibility index (Phi) is 4.62. The lowest BCUT2D eigenvalue weighted by Crippen LogP contribution is -2.29. The van der Waals surface area contributed by atoms with Gasteiger partial charge in [0, 0.05) is 18.7 Å². The Morgan fingerprint density at radius 1 is 1.40 bits per heavy atom. The minimum absolute atomic E-state index is 0.0994. The minimum atomic E-state index is -0.494. The van der Waals surface area contributed by atoms with Gasteiger partial charge in [-0.05, 0) is 34.2 Å². The maximum atomic E-state index is 13.6. The van der Waals surface area contributed by atoms with Gasteiger partial charge in [0.05, 0.1) is 9.40 Å². The number of benzene rings is 1. The van der Waals surface area contributed by atoms with Crippen LogP contribution in [0.1, 0.15) is 39.0 Å². The normalized spacial score (nSPS) is 17.8. The van der Waals surface area contributed by atoms with Gasteiger partial charge in [0.2, 0.25) is 0 Å². The lowest BCUT2D eigenvalue weighted by atomic mass is 9.76. The zero-order chi connectivity index (χ0) is 14.8. The van der Waals surface area contributed by atoms with E-state index in [9.17, 15) is 14.5 Å². The summed E-state index contributed by atoms with van der Waals surface area (Å²) in [6, 6.07) is 2.40. The molecule has 0 radical (unpaired) electrons. The molecule has 0 spiro atoms. The van der Waals surface area contributed by atoms with Gasteiger partial charge in [0.1, 0.15) is 11.5 Å². The molecule has 1 aliphatic carbocycles. The lowest BCUT2D eigenvalue weighted by molar-refractivity contribution is -0.384. The third-order valence-electron chi connectivity index (χ3n) is 4.00. The molecule has 1 aromatic rings. The zero-order valence-electron chi connectivity index (χ0n) is 11.4. The molecule has 1 N–H and O–H groups in total. The number of halogens is 2. The minimum Gasteiger partial charge on any atom is -0.379 e. The van der Waals surface area contributed by atoms with E-state index < -0.39 is 10.7 Å². The molecular formula is C14H18BrFN2O2. The highest BCUT2D eigenvalue weighted by atomic mass is 79.9. The van der Waals surface area contributed by atoms with Crippen LogP contribution in [0.3, 0.4) is 0 Å². The molecule has 0 unspecified atom stereocenters. The fourth-order valence-corrected chi connectivity index (χ4v) is 3.05. The van der Waals surface area contributed by atoms with Gasteiger partial charge in [-0.2, -0.15) is 0 Å². The molecule has 0 bridgehead atoms. The summed E-state index contributed by atoms with van der Waals surface area (Å²) in [4.78, 5) is 10.5. The summed E-state index contributed by atoms with van der Waals surface area (Å²) >= 11 is 2.98. The van der Waals surface area contributed by atoms with Crippen LogP contribution in [-0.4, -0.2) is 11.5 Å². The molecule has 0 aromatic heterocycles. The number of nitrogens with zero attached hydrogens (tertiary/aromatic N) is 1. The van der Waals surface area contributed by atoms with Crippen molar-refractivity contribution >= 4 is 27.3 Å². The predicted molar refractivity (Wildman–Crippen MR) is 80.4 cm³/mol. The van der Waals surface area contributed by atoms with E-state index in [2.05, 4.69) is 28.2 Å². The molecule has 0 amide bonds. The second-order valence-electron chi connectivity index (χ2n) is 5.77. The molecule has 0 saturated heterocycles. The summed E-state index contributed by atoms with van der Waals surface area (Å²) in [5, 5.41) is 14.1. The molecule has 0 aliphatic heterocycles. The number of hydrogen-bond donors (Lipinski definition) is 1. The number of hydrogen-bond acceptors (Lipinski definition) is 3. The Balaban J connectivity index is 2.16. The topological polar surface area (TPSA) is 55.2 Å². The van der Waals surface area contributed by atoms with Gasteiger partial charge in [-0.15, -0.1) is 0 Å². The number of nitrogens with one attached hydrogen (secondary N) is 1. The highest BCUT2D eigenvalue weighted by molar-refractivity contribution is 9.10. The van der Waals surface area contributed by atoms with Gasteiger partial charge in [-0.3, -0.25) is 10.1 Å². The van der Waals surface area contributed by atoms with E-state index in [0.29, 0.717) is 6.54 Å². The largest absolute Gasteiger partial charge is 0.379 e. The number of nitro groups is 1. The average Bonchev–Trinajstić information content (AvgIpc) is 2.40. The van der Waals surface area contributed by atoms with Crippen molar-refractivity contribution in [3.63, 3.8) is 0 Å². The molecule has 110 valence electrons. The van der Waals surface area contributed by atoms with Gasteiger partial charge in [-0.25, -0.2) is 4.39 Å². The summed E-state index contributed by atoms with van der Waals surface area (Å²) in [7, 11) is 0. The van der Waals surface area contributed by atoms with Gasteiger partial charge in [-0.1, -0.05) is 26.2 Å². The van der Waals surface area contributed by atoms with E-state index in [1.807, 2.05) is 0 Å². The van der Waals surface area contributed by atoms with E-state index in [-0.39, 0.29) is 21.3 Å². The molecule has 1 aliphatic rings. The maximum absolute atomic E-state index is 13.6. The zero-order valence-corrected chi connectivity index (χ0v) is 13.0. The highest BCUT2D eigenvalue weighted by Crippen LogP contribution is 2.37. The Labute approximate surface area is 126 Å². The van der Waals surface area contributed by atoms with Crippen molar-refractivity contribution in [1.82, 2.24) is 0 Å². The first-order chi connectivity index (χ1) is 9.41. The second-order valence-corrected chi connectivity index (χ2v) is 6.62. The van der Waals surface area contributed by atoms with Crippen LogP contribution < -0.4 is 5.32 Å². The van der Waals surface area contributed by atoms with Crippen molar-refractivity contribution in [3.8, 4) is 0 Å². The number of nitro benzene ring substituents is 1. The summed E-state index contributed by atoms with van der Waals surface area (Å²) < 4.78 is 13.7. The van der Waals surface area contributed by atoms with Gasteiger partial charge >= 0.3 is 0 Å². The average molecular weight is 345 g/mol. The van der Waals surface area contributed by atoms with E-state index in [4.69, 9.17) is 0 Å². The van der Waals surface area contributed by atoms with Crippen LogP contribution in [0.15, 0.2) is 16.6 Å². The first kappa shape index (κ1) is 15.2. The summed E-state index contributed by atoms with van der Waals surface area (Å²) in [5.74, 6) is -0.494. The van der Waals surface area contributed by atoms with Crippen molar-refractivity contribution < 1.29 is 9.31 Å². The third kappa shape index (κ3) is 3.48. The molecule has 1 saturated carbocycles. The van der Waals surface area contributed by atoms with Crippen molar-refractivity contribution in [2.45, 2.75) is 39.0 Å². The van der Waals surface area contributed by atoms with Crippen molar-refractivity contribution in [2.75, 3.05) is 11.9 Å². The smallest absolute Gasteiger partial charge is 0.293 e. The Bertz CT molecular complexity index is 516. The number of anilines is 1. The van der Waals surface area contributed by atoms with Crippen LogP contribution >= 0.6 is 15.9 Å². The van der Waals surface area contributed by atoms with Crippen LogP contribution in [0.25, 0.3) is 0 Å². The van der Waals surface area contributed by atoms with Gasteiger partial charge < -0.3 is 5.32 Å². The molecule has 2 rings (SSSR count). The van der Waals surface area contributed by atoms with E-state index in [1.165, 1.54) is 31.4 Å². The predicted octanol–water partition coefficient (Wildman–Crippen LogP) is 4.88. The SMILES string of the molecule is CC1(CNc2cc(F)c(Br)cc2[N+](=O)[O-])CCCCC1. The molecule has 20 heavy (non-hydrogen) atoms. The van der Waals surface area contributed by atoms with Crippen LogP contribution in [0.4, 0.5) is 15.8 Å². The summed E-state index contributed by atoms with van der Waals surface area (Å²) in [5.41, 5.74) is 0.288. The monoisotopic (exact) mass is 344 g/mol. The number of rotatable bonds is 4. The highest BCUT2D eigenvalue weighted by Gasteiger charge is 2.27. The van der Waals surface area contributed by atoms with Crippen LogP contribution in [-0.2, 0) is 0 Å². The van der Waals surface area contributed by atoms with Crippen LogP contribution in [0.2, 0.25) is 0 Å². The molecule has 0 atom stereocenters. The molecular weight excluding hydrogens is 327 g/mol. The first-order valence-electron chi connectivity index (χ1n) is 6.79. The van der Waals surface area contributed by atoms with E-state index in [1.54, 1.807) is 0 Å². The maximum Gasteiger partial charge on any atom is 0.293 e. The third-order valence-corrected chi connectivity index (χ3v) is 4.61. The van der Waals surface area contributed by atoms with Crippen molar-refractivity contribution in [1.29, 1.82) is 0 Å². The van der Waals surface area contributed by atoms with Crippen LogP contribution in [0.5, 0.6) is 0 Å². The summed E-state index contributed by atoms with van der Waals surface area (Å²) in [6.45, 7) is 2.81. The first-order valence-corrected chi connectivity index (χ1v) is 7.58. The fourth-order valence-electron chi connectivity index (χ4n) is 2.72. The Morgan fingerprint density at radius 3 is 2.65 bits per heavy atom. The van der Waals surface area contributed by atoms with Gasteiger partial charge in [0.25, 0.3) is 5.69 Å². The molecule has 0 heterocycles. The molecule has 1 fully saturated rings. The van der Waals surface area contributed by atoms with E-state index in [0.717, 1.165) is 12.8 Å². The molecule has 4 nitrogen and oxygen atoms in total. The van der Waals surface area contributed by atoms with Crippen LogP contribution in [0, 0.1) is 21.3 Å². The second kappa shape index (κ2) is 6.08. The Morgan fingerprint density at radius 2 is 2.05 bits per heavy atom. The quantitative estimate of drug-likeness (QED) is 0.625. The lowest BCUT2D eigenvalue weighted by Gasteiger charge is -2.33. The standard InChI is InChI=1S/C14H18BrFN2O2/c1-14(5-3-2-4-6-14)9-17-12-8-11(16)10(15)7-13(12)18(19)20/h7-8,17H,2-6,9H2,1H3. The Hall–Kier alpha value is -1.17. The van der Waals surface area contributed by atoms with Crippen molar-refractivity contribution in [3.05, 3.63) is 32.5 Å². The molecule has 6 heteroatoms. The van der Waals surface area contributed by atoms with E-state index >= 15 is 0 Å². The molecule has 1 aromatic carbocycles. The van der Waals surface area contributed by atoms with Crippen molar-refractivity contribution in [2.24, 2.45) is 5.41 Å². The fraction of sp³-hybridized carbons (Fsp3) is 0.571.